The SMILES string of the molecule is CC(CC1CC1)Nc1cccc(C#N)c1. The molecule has 0 amide bonds. The molecule has 1 saturated carbocycles. The lowest BCUT2D eigenvalue weighted by Crippen LogP contribution is -2.15. The maximum atomic E-state index is 8.77. The number of nitriles is 1. The zero-order chi connectivity index (χ0) is 10.7. The molecule has 78 valence electrons. The predicted octanol–water partition coefficient (Wildman–Crippen LogP) is 3.16. The van der Waals surface area contributed by atoms with Crippen molar-refractivity contribution in [2.24, 2.45) is 5.92 Å². The summed E-state index contributed by atoms with van der Waals surface area (Å²) < 4.78 is 0. The van der Waals surface area contributed by atoms with Crippen molar-refractivity contribution < 1.29 is 0 Å². The second-order valence-electron chi connectivity index (χ2n) is 4.42. The Bertz CT molecular complexity index is 374. The fourth-order valence-electron chi connectivity index (χ4n) is 1.88. The van der Waals surface area contributed by atoms with E-state index < -0.39 is 0 Å². The molecule has 1 fully saturated rings. The molecular weight excluding hydrogens is 184 g/mol. The standard InChI is InChI=1S/C13H16N2/c1-10(7-11-5-6-11)15-13-4-2-3-12(8-13)9-14/h2-4,8,10-11,15H,5-7H2,1H3. The Balaban J connectivity index is 1.93. The van der Waals surface area contributed by atoms with Crippen LogP contribution in [0, 0.1) is 17.2 Å². The van der Waals surface area contributed by atoms with E-state index in [2.05, 4.69) is 18.3 Å². The van der Waals surface area contributed by atoms with Crippen LogP contribution in [0.3, 0.4) is 0 Å². The minimum Gasteiger partial charge on any atom is -0.383 e. The summed E-state index contributed by atoms with van der Waals surface area (Å²) >= 11 is 0. The van der Waals surface area contributed by atoms with Crippen LogP contribution in [0.15, 0.2) is 24.3 Å². The molecule has 0 heterocycles. The van der Waals surface area contributed by atoms with Gasteiger partial charge in [-0.25, -0.2) is 0 Å². The molecular formula is C13H16N2. The Labute approximate surface area is 90.9 Å². The number of hydrogen-bond donors (Lipinski definition) is 1. The van der Waals surface area contributed by atoms with Crippen LogP contribution in [0.25, 0.3) is 0 Å². The van der Waals surface area contributed by atoms with Gasteiger partial charge in [-0.15, -0.1) is 0 Å². The highest BCUT2D eigenvalue weighted by atomic mass is 14.9. The van der Waals surface area contributed by atoms with Crippen LogP contribution in [0.5, 0.6) is 0 Å². The second-order valence-corrected chi connectivity index (χ2v) is 4.42. The number of benzene rings is 1. The molecule has 1 aliphatic rings. The molecule has 0 bridgehead atoms. The maximum Gasteiger partial charge on any atom is 0.0992 e. The van der Waals surface area contributed by atoms with Crippen molar-refractivity contribution in [3.63, 3.8) is 0 Å². The summed E-state index contributed by atoms with van der Waals surface area (Å²) in [5, 5.41) is 12.2. The van der Waals surface area contributed by atoms with Crippen molar-refractivity contribution in [2.45, 2.75) is 32.2 Å². The minimum absolute atomic E-state index is 0.506. The van der Waals surface area contributed by atoms with Crippen LogP contribution in [0.1, 0.15) is 31.7 Å². The van der Waals surface area contributed by atoms with Crippen LogP contribution in [-0.2, 0) is 0 Å². The topological polar surface area (TPSA) is 35.8 Å². The van der Waals surface area contributed by atoms with Gasteiger partial charge in [0.1, 0.15) is 0 Å². The highest BCUT2D eigenvalue weighted by Crippen LogP contribution is 2.34. The Morgan fingerprint density at radius 2 is 2.33 bits per heavy atom. The highest BCUT2D eigenvalue weighted by molar-refractivity contribution is 5.49. The fraction of sp³-hybridized carbons (Fsp3) is 0.462. The summed E-state index contributed by atoms with van der Waals surface area (Å²) in [6.45, 7) is 2.21. The van der Waals surface area contributed by atoms with E-state index in [1.807, 2.05) is 24.3 Å². The lowest BCUT2D eigenvalue weighted by atomic mass is 10.1. The maximum absolute atomic E-state index is 8.77. The summed E-state index contributed by atoms with van der Waals surface area (Å²) in [6.07, 6.45) is 4.03. The van der Waals surface area contributed by atoms with E-state index >= 15 is 0 Å². The smallest absolute Gasteiger partial charge is 0.0992 e. The summed E-state index contributed by atoms with van der Waals surface area (Å²) in [5.41, 5.74) is 1.78. The first kappa shape index (κ1) is 10.0. The van der Waals surface area contributed by atoms with E-state index in [1.165, 1.54) is 19.3 Å². The van der Waals surface area contributed by atoms with Crippen molar-refractivity contribution >= 4 is 5.69 Å². The molecule has 1 atom stereocenters. The molecule has 1 aromatic carbocycles. The van der Waals surface area contributed by atoms with Crippen molar-refractivity contribution in [2.75, 3.05) is 5.32 Å². The fourth-order valence-corrected chi connectivity index (χ4v) is 1.88. The van der Waals surface area contributed by atoms with Gasteiger partial charge >= 0.3 is 0 Å². The zero-order valence-electron chi connectivity index (χ0n) is 9.03. The summed E-state index contributed by atoms with van der Waals surface area (Å²) in [7, 11) is 0. The zero-order valence-corrected chi connectivity index (χ0v) is 9.03. The highest BCUT2D eigenvalue weighted by Gasteiger charge is 2.23. The molecule has 0 aromatic heterocycles. The summed E-state index contributed by atoms with van der Waals surface area (Å²) in [6, 6.07) is 10.3. The summed E-state index contributed by atoms with van der Waals surface area (Å²) in [5.74, 6) is 0.937. The van der Waals surface area contributed by atoms with E-state index in [4.69, 9.17) is 5.26 Å². The van der Waals surface area contributed by atoms with Gasteiger partial charge in [0.05, 0.1) is 11.6 Å². The molecule has 0 radical (unpaired) electrons. The van der Waals surface area contributed by atoms with Crippen molar-refractivity contribution in [3.05, 3.63) is 29.8 Å². The Kier molecular flexibility index (Phi) is 2.91. The Morgan fingerprint density at radius 1 is 1.53 bits per heavy atom. The number of nitrogens with one attached hydrogen (secondary N) is 1. The largest absolute Gasteiger partial charge is 0.383 e. The molecule has 0 spiro atoms. The second kappa shape index (κ2) is 4.35. The molecule has 2 nitrogen and oxygen atoms in total. The monoisotopic (exact) mass is 200 g/mol. The molecule has 1 aromatic rings. The van der Waals surface area contributed by atoms with Gasteiger partial charge in [-0.1, -0.05) is 18.9 Å². The van der Waals surface area contributed by atoms with Crippen molar-refractivity contribution in [1.29, 1.82) is 5.26 Å². The van der Waals surface area contributed by atoms with Gasteiger partial charge < -0.3 is 5.32 Å². The van der Waals surface area contributed by atoms with Gasteiger partial charge in [0, 0.05) is 11.7 Å². The first-order chi connectivity index (χ1) is 7.28. The van der Waals surface area contributed by atoms with E-state index in [0.717, 1.165) is 17.2 Å². The molecule has 1 N–H and O–H groups in total. The predicted molar refractivity (Wildman–Crippen MR) is 61.6 cm³/mol. The Hall–Kier alpha value is -1.49. The number of rotatable bonds is 4. The van der Waals surface area contributed by atoms with E-state index in [1.54, 1.807) is 0 Å². The molecule has 0 saturated heterocycles. The van der Waals surface area contributed by atoms with Gasteiger partial charge in [-0.05, 0) is 37.5 Å². The normalized spacial score (nSPS) is 16.8. The van der Waals surface area contributed by atoms with Crippen molar-refractivity contribution in [1.82, 2.24) is 0 Å². The molecule has 1 aliphatic carbocycles. The van der Waals surface area contributed by atoms with Crippen LogP contribution < -0.4 is 5.32 Å². The van der Waals surface area contributed by atoms with E-state index in [9.17, 15) is 0 Å². The van der Waals surface area contributed by atoms with Gasteiger partial charge in [0.2, 0.25) is 0 Å². The van der Waals surface area contributed by atoms with Gasteiger partial charge in [-0.3, -0.25) is 0 Å². The van der Waals surface area contributed by atoms with Crippen LogP contribution >= 0.6 is 0 Å². The number of hydrogen-bond acceptors (Lipinski definition) is 2. The average Bonchev–Trinajstić information content (AvgIpc) is 3.02. The van der Waals surface area contributed by atoms with Gasteiger partial charge in [0.25, 0.3) is 0 Å². The van der Waals surface area contributed by atoms with Crippen LogP contribution in [0.2, 0.25) is 0 Å². The molecule has 0 aliphatic heterocycles. The number of anilines is 1. The third kappa shape index (κ3) is 2.99. The van der Waals surface area contributed by atoms with E-state index in [-0.39, 0.29) is 0 Å². The molecule has 2 rings (SSSR count). The third-order valence-corrected chi connectivity index (χ3v) is 2.79. The first-order valence-corrected chi connectivity index (χ1v) is 5.54. The van der Waals surface area contributed by atoms with Crippen molar-refractivity contribution in [3.8, 4) is 6.07 Å². The molecule has 15 heavy (non-hydrogen) atoms. The first-order valence-electron chi connectivity index (χ1n) is 5.54. The lowest BCUT2D eigenvalue weighted by molar-refractivity contribution is 0.642. The number of nitrogens with zero attached hydrogens (tertiary/aromatic N) is 1. The van der Waals surface area contributed by atoms with Crippen LogP contribution in [0.4, 0.5) is 5.69 Å². The lowest BCUT2D eigenvalue weighted by Gasteiger charge is -2.14. The third-order valence-electron chi connectivity index (χ3n) is 2.79. The van der Waals surface area contributed by atoms with Crippen LogP contribution in [-0.4, -0.2) is 6.04 Å². The molecule has 2 heteroatoms. The Morgan fingerprint density at radius 3 is 3.00 bits per heavy atom. The van der Waals surface area contributed by atoms with E-state index in [0.29, 0.717) is 6.04 Å². The average molecular weight is 200 g/mol. The minimum atomic E-state index is 0.506. The van der Waals surface area contributed by atoms with Gasteiger partial charge in [-0.2, -0.15) is 5.26 Å². The summed E-state index contributed by atoms with van der Waals surface area (Å²) in [4.78, 5) is 0. The molecule has 1 unspecified atom stereocenters. The quantitative estimate of drug-likeness (QED) is 0.810. The van der Waals surface area contributed by atoms with Gasteiger partial charge in [0.15, 0.2) is 0 Å².